The van der Waals surface area contributed by atoms with Crippen molar-refractivity contribution < 1.29 is 81.0 Å². The van der Waals surface area contributed by atoms with E-state index in [4.69, 9.17) is 50.3 Å². The Morgan fingerprint density at radius 1 is 0.571 bits per heavy atom. The summed E-state index contributed by atoms with van der Waals surface area (Å²) in [6.07, 6.45) is -19.4. The van der Waals surface area contributed by atoms with Gasteiger partial charge in [-0.2, -0.15) is 0 Å². The number of aliphatic hydroxyl groups is 14. The van der Waals surface area contributed by atoms with Crippen LogP contribution in [0.3, 0.4) is 0 Å². The fourth-order valence-electron chi connectivity index (χ4n) is 2.64. The smallest absolute Gasteiger partial charge is 0.187 e. The van der Waals surface area contributed by atoms with E-state index in [1.807, 2.05) is 0 Å². The average Bonchev–Trinajstić information content (AvgIpc) is 2.84. The summed E-state index contributed by atoms with van der Waals surface area (Å²) in [5, 5.41) is 127. The molecule has 0 aromatic rings. The fourth-order valence-corrected chi connectivity index (χ4v) is 2.64. The third-order valence-electron chi connectivity index (χ3n) is 4.79. The van der Waals surface area contributed by atoms with Crippen LogP contribution in [0.15, 0.2) is 0 Å². The quantitative estimate of drug-likeness (QED) is 0.112. The van der Waals surface area contributed by atoms with E-state index < -0.39 is 106 Å². The van der Waals surface area contributed by atoms with Gasteiger partial charge in [-0.1, -0.05) is 14.9 Å². The summed E-state index contributed by atoms with van der Waals surface area (Å²) in [6, 6.07) is 0. The highest BCUT2D eigenvalue weighted by Gasteiger charge is 2.46. The molecule has 11 atom stereocenters. The van der Waals surface area contributed by atoms with E-state index in [0.29, 0.717) is 0 Å². The lowest BCUT2D eigenvalue weighted by molar-refractivity contribution is -0.327. The molecule has 1 aliphatic heterocycles. The molecule has 11 unspecified atom stereocenters. The van der Waals surface area contributed by atoms with Crippen molar-refractivity contribution in [2.24, 2.45) is 0 Å². The Labute approximate surface area is 203 Å². The van der Waals surface area contributed by atoms with Crippen molar-refractivity contribution >= 4 is 0 Å². The monoisotopic (exact) mass is 528 g/mol. The van der Waals surface area contributed by atoms with Crippen LogP contribution in [0.2, 0.25) is 0 Å². The Morgan fingerprint density at radius 3 is 1.34 bits per heavy atom. The molecular formula is C19H44O16. The third kappa shape index (κ3) is 11.5. The van der Waals surface area contributed by atoms with Gasteiger partial charge in [0.15, 0.2) is 6.29 Å². The summed E-state index contributed by atoms with van der Waals surface area (Å²) < 4.78 is 10.1. The van der Waals surface area contributed by atoms with E-state index in [-0.39, 0.29) is 14.9 Å². The SMILES string of the molecule is C.C.OCC(O)C(O)C(O)CO.OCC(O)C(O)C(OC1OC(CO)C(O)C(O)C1O)C(O)CO. The van der Waals surface area contributed by atoms with Crippen molar-refractivity contribution in [3.63, 3.8) is 0 Å². The molecule has 216 valence electrons. The van der Waals surface area contributed by atoms with Crippen molar-refractivity contribution in [3.8, 4) is 0 Å². The summed E-state index contributed by atoms with van der Waals surface area (Å²) in [7, 11) is 0. The summed E-state index contributed by atoms with van der Waals surface area (Å²) >= 11 is 0. The highest BCUT2D eigenvalue weighted by atomic mass is 16.7. The van der Waals surface area contributed by atoms with Crippen LogP contribution in [-0.2, 0) is 9.47 Å². The van der Waals surface area contributed by atoms with Crippen molar-refractivity contribution in [3.05, 3.63) is 0 Å². The normalized spacial score (nSPS) is 30.2. The molecule has 16 heteroatoms. The fraction of sp³-hybridized carbons (Fsp3) is 1.00. The van der Waals surface area contributed by atoms with Crippen LogP contribution in [0.5, 0.6) is 0 Å². The summed E-state index contributed by atoms with van der Waals surface area (Å²) in [5.74, 6) is 0. The van der Waals surface area contributed by atoms with Gasteiger partial charge in [-0.3, -0.25) is 0 Å². The van der Waals surface area contributed by atoms with Crippen LogP contribution in [0.1, 0.15) is 14.9 Å². The van der Waals surface area contributed by atoms with Gasteiger partial charge in [0.25, 0.3) is 0 Å². The lowest BCUT2D eigenvalue weighted by atomic mass is 9.98. The van der Waals surface area contributed by atoms with E-state index in [1.54, 1.807) is 0 Å². The molecule has 0 radical (unpaired) electrons. The van der Waals surface area contributed by atoms with E-state index in [2.05, 4.69) is 0 Å². The molecule has 0 spiro atoms. The first-order valence-corrected chi connectivity index (χ1v) is 9.89. The average molecular weight is 529 g/mol. The highest BCUT2D eigenvalue weighted by molar-refractivity contribution is 4.91. The topological polar surface area (TPSA) is 302 Å². The van der Waals surface area contributed by atoms with Crippen LogP contribution < -0.4 is 0 Å². The minimum Gasteiger partial charge on any atom is -0.394 e. The van der Waals surface area contributed by atoms with Gasteiger partial charge < -0.3 is 81.0 Å². The van der Waals surface area contributed by atoms with Gasteiger partial charge in [0.05, 0.1) is 33.0 Å². The van der Waals surface area contributed by atoms with E-state index in [9.17, 15) is 30.6 Å². The Morgan fingerprint density at radius 2 is 0.971 bits per heavy atom. The van der Waals surface area contributed by atoms with Gasteiger partial charge in [0, 0.05) is 0 Å². The van der Waals surface area contributed by atoms with Crippen LogP contribution in [-0.4, -0.2) is 178 Å². The molecule has 14 N–H and O–H groups in total. The summed E-state index contributed by atoms with van der Waals surface area (Å²) in [4.78, 5) is 0. The number of aliphatic hydroxyl groups excluding tert-OH is 14. The first-order chi connectivity index (χ1) is 15.4. The van der Waals surface area contributed by atoms with E-state index in [0.717, 1.165) is 0 Å². The van der Waals surface area contributed by atoms with E-state index in [1.165, 1.54) is 0 Å². The molecule has 0 saturated carbocycles. The minimum absolute atomic E-state index is 0. The molecule has 1 rings (SSSR count). The van der Waals surface area contributed by atoms with Crippen LogP contribution in [0.4, 0.5) is 0 Å². The molecule has 1 heterocycles. The molecular weight excluding hydrogens is 484 g/mol. The van der Waals surface area contributed by atoms with Crippen molar-refractivity contribution in [2.75, 3.05) is 33.0 Å². The van der Waals surface area contributed by atoms with Gasteiger partial charge in [0.1, 0.15) is 67.1 Å². The summed E-state index contributed by atoms with van der Waals surface area (Å²) in [5.41, 5.74) is 0. The van der Waals surface area contributed by atoms with Gasteiger partial charge in [-0.05, 0) is 0 Å². The Hall–Kier alpha value is -0.640. The summed E-state index contributed by atoms with van der Waals surface area (Å²) in [6.45, 7) is -3.73. The minimum atomic E-state index is -1.85. The lowest BCUT2D eigenvalue weighted by Gasteiger charge is -2.42. The zero-order chi connectivity index (χ0) is 25.9. The van der Waals surface area contributed by atoms with Gasteiger partial charge in [-0.15, -0.1) is 0 Å². The van der Waals surface area contributed by atoms with E-state index >= 15 is 0 Å². The Bertz CT molecular complexity index is 489. The maximum absolute atomic E-state index is 9.83. The molecule has 0 aliphatic carbocycles. The molecule has 0 bridgehead atoms. The molecule has 16 nitrogen and oxygen atoms in total. The Balaban J connectivity index is -0.000000729. The molecule has 0 amide bonds. The molecule has 35 heavy (non-hydrogen) atoms. The predicted octanol–water partition coefficient (Wildman–Crippen LogP) is -7.44. The first kappa shape index (κ1) is 38.9. The second-order valence-electron chi connectivity index (χ2n) is 7.28. The number of rotatable bonds is 12. The molecule has 1 aliphatic rings. The molecule has 0 aromatic heterocycles. The number of ether oxygens (including phenoxy) is 2. The second kappa shape index (κ2) is 19.5. The van der Waals surface area contributed by atoms with Gasteiger partial charge in [-0.25, -0.2) is 0 Å². The molecule has 1 saturated heterocycles. The van der Waals surface area contributed by atoms with Crippen LogP contribution in [0.25, 0.3) is 0 Å². The van der Waals surface area contributed by atoms with Gasteiger partial charge in [0.2, 0.25) is 0 Å². The van der Waals surface area contributed by atoms with Crippen molar-refractivity contribution in [2.45, 2.75) is 88.3 Å². The first-order valence-electron chi connectivity index (χ1n) is 9.89. The Kier molecular flexibility index (Phi) is 21.6. The van der Waals surface area contributed by atoms with Crippen molar-refractivity contribution in [1.29, 1.82) is 0 Å². The largest absolute Gasteiger partial charge is 0.394 e. The second-order valence-corrected chi connectivity index (χ2v) is 7.28. The maximum atomic E-state index is 9.83. The maximum Gasteiger partial charge on any atom is 0.187 e. The zero-order valence-electron chi connectivity index (χ0n) is 17.5. The third-order valence-corrected chi connectivity index (χ3v) is 4.79. The van der Waals surface area contributed by atoms with Gasteiger partial charge >= 0.3 is 0 Å². The standard InChI is InChI=1S/C12H24O11.C5H12O5.2CH4/c13-1-4(16)7(18)11(5(17)2-14)23-12-10(21)9(20)8(19)6(3-15)22-12;6-1-3(8)5(10)4(9)2-7;;/h4-21H,1-3H2;3-10H,1-2H2;2*1H4. The number of hydrogen-bond donors (Lipinski definition) is 14. The molecule has 1 fully saturated rings. The highest BCUT2D eigenvalue weighted by Crippen LogP contribution is 2.24. The van der Waals surface area contributed by atoms with Crippen LogP contribution >= 0.6 is 0 Å². The van der Waals surface area contributed by atoms with Crippen LogP contribution in [0, 0.1) is 0 Å². The van der Waals surface area contributed by atoms with Crippen molar-refractivity contribution in [1.82, 2.24) is 0 Å². The predicted molar refractivity (Wildman–Crippen MR) is 116 cm³/mol. The number of hydrogen-bond acceptors (Lipinski definition) is 16. The lowest BCUT2D eigenvalue weighted by Crippen LogP contribution is -2.61. The molecule has 0 aromatic carbocycles. The zero-order valence-corrected chi connectivity index (χ0v) is 17.5.